The van der Waals surface area contributed by atoms with E-state index in [1.54, 1.807) is 31.2 Å². The molecule has 29 heavy (non-hydrogen) atoms. The van der Waals surface area contributed by atoms with Gasteiger partial charge in [0.1, 0.15) is 6.54 Å². The van der Waals surface area contributed by atoms with Gasteiger partial charge in [0, 0.05) is 17.5 Å². The van der Waals surface area contributed by atoms with Crippen molar-refractivity contribution in [2.75, 3.05) is 6.61 Å². The number of para-hydroxylation sites is 1. The second-order valence-corrected chi connectivity index (χ2v) is 5.89. The Morgan fingerprint density at radius 2 is 1.97 bits per heavy atom. The smallest absolute Gasteiger partial charge is 0.326 e. The number of aromatic nitrogens is 1. The van der Waals surface area contributed by atoms with Crippen molar-refractivity contribution in [3.8, 4) is 5.88 Å². The minimum atomic E-state index is -0.810. The summed E-state index contributed by atoms with van der Waals surface area (Å²) in [5.74, 6) is -1.70. The van der Waals surface area contributed by atoms with Gasteiger partial charge in [0.15, 0.2) is 5.69 Å². The number of nitrogens with zero attached hydrogens (tertiary/aromatic N) is 4. The summed E-state index contributed by atoms with van der Waals surface area (Å²) in [6.07, 6.45) is 0. The van der Waals surface area contributed by atoms with Crippen molar-refractivity contribution in [2.45, 2.75) is 13.5 Å². The second kappa shape index (κ2) is 8.30. The number of amides is 1. The molecule has 1 heterocycles. The van der Waals surface area contributed by atoms with Crippen LogP contribution in [0.15, 0.2) is 58.8 Å². The minimum absolute atomic E-state index is 0.00341. The van der Waals surface area contributed by atoms with Crippen molar-refractivity contribution in [3.63, 3.8) is 0 Å². The van der Waals surface area contributed by atoms with Gasteiger partial charge in [-0.1, -0.05) is 24.3 Å². The Kier molecular flexibility index (Phi) is 5.63. The van der Waals surface area contributed by atoms with Gasteiger partial charge in [0.05, 0.1) is 22.6 Å². The Morgan fingerprint density at radius 3 is 2.69 bits per heavy atom. The number of ether oxygens (including phenoxy) is 1. The monoisotopic (exact) mass is 396 g/mol. The lowest BCUT2D eigenvalue weighted by molar-refractivity contribution is -0.384. The lowest BCUT2D eigenvalue weighted by Crippen LogP contribution is -2.12. The Balaban J connectivity index is 1.96. The van der Waals surface area contributed by atoms with Crippen LogP contribution in [-0.2, 0) is 16.1 Å². The molecule has 0 atom stereocenters. The molecule has 0 bridgehead atoms. The van der Waals surface area contributed by atoms with Gasteiger partial charge >= 0.3 is 5.97 Å². The van der Waals surface area contributed by atoms with E-state index in [-0.39, 0.29) is 36.0 Å². The molecule has 2 aromatic carbocycles. The molecule has 0 aliphatic rings. The SMILES string of the molecule is CCOC(=O)Cn1c(O)c(N=NC(=O)c2cccc([N+](=O)[O-])c2)c2ccccc21. The van der Waals surface area contributed by atoms with E-state index in [1.165, 1.54) is 22.8 Å². The highest BCUT2D eigenvalue weighted by molar-refractivity contribution is 5.98. The summed E-state index contributed by atoms with van der Waals surface area (Å²) in [6, 6.07) is 11.8. The third-order valence-electron chi connectivity index (χ3n) is 4.05. The van der Waals surface area contributed by atoms with Crippen LogP contribution in [0.1, 0.15) is 17.3 Å². The second-order valence-electron chi connectivity index (χ2n) is 5.89. The van der Waals surface area contributed by atoms with Crippen LogP contribution in [0.4, 0.5) is 11.4 Å². The van der Waals surface area contributed by atoms with Crippen molar-refractivity contribution in [2.24, 2.45) is 10.2 Å². The number of carbonyl (C=O) groups excluding carboxylic acids is 2. The molecule has 0 saturated carbocycles. The van der Waals surface area contributed by atoms with Gasteiger partial charge in [-0.15, -0.1) is 10.2 Å². The van der Waals surface area contributed by atoms with Gasteiger partial charge in [-0.2, -0.15) is 0 Å². The summed E-state index contributed by atoms with van der Waals surface area (Å²) in [6.45, 7) is 1.63. The number of esters is 1. The van der Waals surface area contributed by atoms with Crippen LogP contribution in [0.3, 0.4) is 0 Å². The largest absolute Gasteiger partial charge is 0.493 e. The number of hydrogen-bond acceptors (Lipinski definition) is 7. The fourth-order valence-electron chi connectivity index (χ4n) is 2.77. The van der Waals surface area contributed by atoms with Gasteiger partial charge in [0.25, 0.3) is 11.6 Å². The van der Waals surface area contributed by atoms with Gasteiger partial charge in [0.2, 0.25) is 5.88 Å². The predicted octanol–water partition coefficient (Wildman–Crippen LogP) is 3.74. The summed E-state index contributed by atoms with van der Waals surface area (Å²) in [5, 5.41) is 29.3. The van der Waals surface area contributed by atoms with Crippen molar-refractivity contribution >= 4 is 34.2 Å². The number of azo groups is 1. The molecule has 10 nitrogen and oxygen atoms in total. The van der Waals surface area contributed by atoms with Crippen LogP contribution in [-0.4, -0.2) is 33.1 Å². The number of carbonyl (C=O) groups is 2. The fourth-order valence-corrected chi connectivity index (χ4v) is 2.77. The van der Waals surface area contributed by atoms with E-state index in [9.17, 15) is 24.8 Å². The molecule has 0 saturated heterocycles. The van der Waals surface area contributed by atoms with Gasteiger partial charge in [-0.05, 0) is 19.1 Å². The lowest BCUT2D eigenvalue weighted by atomic mass is 10.2. The summed E-state index contributed by atoms with van der Waals surface area (Å²) in [5.41, 5.74) is 0.246. The highest BCUT2D eigenvalue weighted by atomic mass is 16.6. The molecule has 0 radical (unpaired) electrons. The maximum absolute atomic E-state index is 12.3. The predicted molar refractivity (Wildman–Crippen MR) is 102 cm³/mol. The summed E-state index contributed by atoms with van der Waals surface area (Å²) >= 11 is 0. The number of fused-ring (bicyclic) bond motifs is 1. The first-order valence-corrected chi connectivity index (χ1v) is 8.58. The first-order chi connectivity index (χ1) is 13.9. The molecule has 10 heteroatoms. The summed E-state index contributed by atoms with van der Waals surface area (Å²) in [7, 11) is 0. The number of nitro benzene ring substituents is 1. The quantitative estimate of drug-likeness (QED) is 0.292. The number of rotatable bonds is 6. The van der Waals surface area contributed by atoms with E-state index in [0.717, 1.165) is 6.07 Å². The highest BCUT2D eigenvalue weighted by Gasteiger charge is 2.19. The Labute approximate surface area is 164 Å². The maximum Gasteiger partial charge on any atom is 0.326 e. The molecule has 0 aliphatic heterocycles. The Bertz CT molecular complexity index is 1130. The standard InChI is InChI=1S/C19H16N4O6/c1-2-29-16(24)11-22-15-9-4-3-8-14(15)17(19(22)26)20-21-18(25)12-6-5-7-13(10-12)23(27)28/h3-10,26H,2,11H2,1H3. The van der Waals surface area contributed by atoms with Gasteiger partial charge in [-0.25, -0.2) is 0 Å². The molecule has 1 aromatic heterocycles. The highest BCUT2D eigenvalue weighted by Crippen LogP contribution is 2.38. The van der Waals surface area contributed by atoms with Crippen molar-refractivity contribution in [1.82, 2.24) is 4.57 Å². The van der Waals surface area contributed by atoms with E-state index in [0.29, 0.717) is 10.9 Å². The van der Waals surface area contributed by atoms with E-state index in [1.807, 2.05) is 0 Å². The van der Waals surface area contributed by atoms with Crippen molar-refractivity contribution in [1.29, 1.82) is 0 Å². The van der Waals surface area contributed by atoms with E-state index >= 15 is 0 Å². The molecular weight excluding hydrogens is 380 g/mol. The zero-order valence-electron chi connectivity index (χ0n) is 15.3. The normalized spacial score (nSPS) is 11.1. The van der Waals surface area contributed by atoms with E-state index in [2.05, 4.69) is 10.2 Å². The molecule has 0 unspecified atom stereocenters. The minimum Gasteiger partial charge on any atom is -0.493 e. The first kappa shape index (κ1) is 19.7. The van der Waals surface area contributed by atoms with Crippen molar-refractivity contribution < 1.29 is 24.4 Å². The molecule has 0 aliphatic carbocycles. The van der Waals surface area contributed by atoms with Crippen molar-refractivity contribution in [3.05, 3.63) is 64.2 Å². The number of aromatic hydroxyl groups is 1. The molecule has 1 N–H and O–H groups in total. The zero-order chi connectivity index (χ0) is 21.0. The van der Waals surface area contributed by atoms with Crippen LogP contribution in [0.5, 0.6) is 5.88 Å². The number of benzene rings is 2. The average molecular weight is 396 g/mol. The number of nitro groups is 1. The summed E-state index contributed by atoms with van der Waals surface area (Å²) < 4.78 is 6.22. The molecule has 3 aromatic rings. The first-order valence-electron chi connectivity index (χ1n) is 8.58. The lowest BCUT2D eigenvalue weighted by Gasteiger charge is -2.06. The van der Waals surface area contributed by atoms with Crippen LogP contribution >= 0.6 is 0 Å². The van der Waals surface area contributed by atoms with E-state index < -0.39 is 16.8 Å². The summed E-state index contributed by atoms with van der Waals surface area (Å²) in [4.78, 5) is 34.3. The topological polar surface area (TPSA) is 136 Å². The zero-order valence-corrected chi connectivity index (χ0v) is 15.3. The molecule has 1 amide bonds. The third-order valence-corrected chi connectivity index (χ3v) is 4.05. The Hall–Kier alpha value is -4.08. The molecule has 0 fully saturated rings. The van der Waals surface area contributed by atoms with E-state index in [4.69, 9.17) is 4.74 Å². The van der Waals surface area contributed by atoms with Crippen LogP contribution in [0, 0.1) is 10.1 Å². The fraction of sp³-hybridized carbons (Fsp3) is 0.158. The van der Waals surface area contributed by atoms with Crippen LogP contribution in [0.2, 0.25) is 0 Å². The molecular formula is C19H16N4O6. The maximum atomic E-state index is 12.3. The number of non-ortho nitro benzene ring substituents is 1. The molecule has 148 valence electrons. The molecule has 3 rings (SSSR count). The van der Waals surface area contributed by atoms with Gasteiger partial charge in [-0.3, -0.25) is 24.3 Å². The van der Waals surface area contributed by atoms with Crippen LogP contribution < -0.4 is 0 Å². The molecule has 0 spiro atoms. The number of hydrogen-bond donors (Lipinski definition) is 1. The Morgan fingerprint density at radius 1 is 1.21 bits per heavy atom. The third kappa shape index (κ3) is 4.10. The average Bonchev–Trinajstić information content (AvgIpc) is 2.97. The van der Waals surface area contributed by atoms with Gasteiger partial charge < -0.3 is 9.84 Å². The van der Waals surface area contributed by atoms with Crippen LogP contribution in [0.25, 0.3) is 10.9 Å².